The Balaban J connectivity index is 1.72. The third-order valence-electron chi connectivity index (χ3n) is 13.6. The van der Waals surface area contributed by atoms with Crippen LogP contribution in [0.25, 0.3) is 0 Å². The number of carbonyl (C=O) groups excluding carboxylic acids is 17. The third kappa shape index (κ3) is 21.0. The molecule has 0 aromatic rings. The van der Waals surface area contributed by atoms with Gasteiger partial charge in [0.2, 0.25) is 100 Å². The van der Waals surface area contributed by atoms with Gasteiger partial charge in [0.1, 0.15) is 66.5 Å². The first-order valence-electron chi connectivity index (χ1n) is 26.7. The van der Waals surface area contributed by atoms with Crippen molar-refractivity contribution >= 4 is 106 Å². The second-order valence-corrected chi connectivity index (χ2v) is 20.5. The number of carbonyl (C=O) groups is 18. The van der Waals surface area contributed by atoms with Crippen LogP contribution in [0.2, 0.25) is 0 Å². The van der Waals surface area contributed by atoms with Gasteiger partial charge in [-0.3, -0.25) is 86.3 Å². The van der Waals surface area contributed by atoms with Gasteiger partial charge in [0.15, 0.2) is 0 Å². The van der Waals surface area contributed by atoms with Crippen LogP contribution >= 0.6 is 0 Å². The monoisotopic (exact) mass is 1210 g/mol. The lowest BCUT2D eigenvalue weighted by molar-refractivity contribution is -0.144. The fraction of sp³-hybridized carbons (Fsp3) is 0.625. The van der Waals surface area contributed by atoms with E-state index >= 15 is 0 Å². The molecule has 0 spiro atoms. The lowest BCUT2D eigenvalue weighted by Gasteiger charge is -2.30. The molecule has 37 nitrogen and oxygen atoms in total. The summed E-state index contributed by atoms with van der Waals surface area (Å²) >= 11 is 0. The van der Waals surface area contributed by atoms with Gasteiger partial charge in [-0.2, -0.15) is 0 Å². The van der Waals surface area contributed by atoms with Crippen molar-refractivity contribution in [2.75, 3.05) is 19.6 Å². The molecular weight excluding hydrogens is 1130 g/mol. The van der Waals surface area contributed by atoms with Crippen molar-refractivity contribution in [1.29, 1.82) is 0 Å². The average molecular weight is 1210 g/mol. The molecule has 17 amide bonds. The molecule has 85 heavy (non-hydrogen) atoms. The van der Waals surface area contributed by atoms with Gasteiger partial charge in [-0.1, -0.05) is 0 Å². The number of nitrogens with one attached hydrogen (secondary N) is 8. The molecule has 3 aliphatic rings. The quantitative estimate of drug-likeness (QED) is 0.0297. The smallest absolute Gasteiger partial charge is 0.325 e. The van der Waals surface area contributed by atoms with E-state index < -0.39 is 217 Å². The number of likely N-dealkylation sites (tertiary alicyclic amines) is 3. The number of carboxylic acid groups (broad SMARTS) is 1. The van der Waals surface area contributed by atoms with E-state index in [9.17, 15) is 91.4 Å². The van der Waals surface area contributed by atoms with E-state index in [-0.39, 0.29) is 51.7 Å². The van der Waals surface area contributed by atoms with Gasteiger partial charge in [-0.15, -0.1) is 0 Å². The number of carboxylic acids is 1. The first kappa shape index (κ1) is 69.7. The molecule has 3 fully saturated rings. The Hall–Kier alpha value is -9.58. The molecule has 0 unspecified atom stereocenters. The largest absolute Gasteiger partial charge is 0.480 e. The minimum absolute atomic E-state index is 0.0237. The zero-order valence-electron chi connectivity index (χ0n) is 46.7. The Morgan fingerprint density at radius 1 is 0.365 bits per heavy atom. The lowest BCUT2D eigenvalue weighted by atomic mass is 10.1. The van der Waals surface area contributed by atoms with Gasteiger partial charge < -0.3 is 102 Å². The molecule has 470 valence electrons. The maximum Gasteiger partial charge on any atom is 0.325 e. The standard InChI is InChI=1S/C48H74N18O19/c1-19(56-39(75)23(14-32(51)68)59-42(78)28-7-4-10-64(28)45(81)22(49)13-31(50)67)37(73)62-26(17-35(54)71)46(82)65-11-5-8-29(65)43(79)60-24(15-33(52)69)40(76)57-20(2)38(74)63-27(18-36(55)72)47(83)66-12-6-9-30(66)44(80)61-25(16-34(53)70)41(77)58-21(3)48(84)85/h19-30H,4-18,49H2,1-3H3,(H2,50,67)(H2,51,68)(H2,52,69)(H2,53,70)(H2,54,71)(H2,55,72)(H,56,75)(H,57,76)(H,58,77)(H,59,78)(H,60,79)(H,61,80)(H,62,73)(H,63,74)(H,84,85)/t19-,20-,21-,22-,23-,24-,25-,26-,27-,28-,29-,30-/m0/s1. The number of hydrogen-bond acceptors (Lipinski definition) is 19. The van der Waals surface area contributed by atoms with Crippen molar-refractivity contribution in [1.82, 2.24) is 57.2 Å². The minimum Gasteiger partial charge on any atom is -0.480 e. The zero-order chi connectivity index (χ0) is 64.3. The predicted molar refractivity (Wildman–Crippen MR) is 285 cm³/mol. The predicted octanol–water partition coefficient (Wildman–Crippen LogP) is -11.4. The minimum atomic E-state index is -1.85. The van der Waals surface area contributed by atoms with Gasteiger partial charge in [0.05, 0.1) is 44.6 Å². The van der Waals surface area contributed by atoms with Crippen LogP contribution in [0.3, 0.4) is 0 Å². The molecule has 3 aliphatic heterocycles. The highest BCUT2D eigenvalue weighted by atomic mass is 16.4. The summed E-state index contributed by atoms with van der Waals surface area (Å²) in [6.45, 7) is 3.08. The zero-order valence-corrected chi connectivity index (χ0v) is 46.7. The van der Waals surface area contributed by atoms with Crippen LogP contribution in [-0.4, -0.2) is 218 Å². The van der Waals surface area contributed by atoms with Crippen LogP contribution < -0.4 is 82.7 Å². The van der Waals surface area contributed by atoms with E-state index in [0.717, 1.165) is 35.5 Å². The van der Waals surface area contributed by atoms with Gasteiger partial charge in [-0.05, 0) is 59.3 Å². The number of hydrogen-bond donors (Lipinski definition) is 16. The van der Waals surface area contributed by atoms with Crippen LogP contribution in [0.4, 0.5) is 0 Å². The van der Waals surface area contributed by atoms with Crippen molar-refractivity contribution in [2.45, 2.75) is 170 Å². The Bertz CT molecular complexity index is 2670. The highest BCUT2D eigenvalue weighted by Gasteiger charge is 2.44. The average Bonchev–Trinajstić information content (AvgIpc) is 2.83. The molecule has 0 bridgehead atoms. The van der Waals surface area contributed by atoms with Gasteiger partial charge in [0.25, 0.3) is 0 Å². The topological polar surface area (TPSA) is 616 Å². The van der Waals surface area contributed by atoms with Crippen LogP contribution in [0.1, 0.15) is 97.8 Å². The van der Waals surface area contributed by atoms with E-state index in [1.54, 1.807) is 0 Å². The van der Waals surface area contributed by atoms with Gasteiger partial charge >= 0.3 is 5.97 Å². The molecule has 3 rings (SSSR count). The Kier molecular flexibility index (Phi) is 26.0. The summed E-state index contributed by atoms with van der Waals surface area (Å²) in [5.74, 6) is -19.3. The van der Waals surface area contributed by atoms with E-state index in [0.29, 0.717) is 6.42 Å². The molecule has 3 heterocycles. The molecule has 12 atom stereocenters. The fourth-order valence-electron chi connectivity index (χ4n) is 9.39. The van der Waals surface area contributed by atoms with Crippen molar-refractivity contribution in [3.8, 4) is 0 Å². The lowest BCUT2D eigenvalue weighted by Crippen LogP contribution is -2.60. The molecule has 0 radical (unpaired) electrons. The summed E-state index contributed by atoms with van der Waals surface area (Å²) in [4.78, 5) is 235. The molecule has 3 saturated heterocycles. The highest BCUT2D eigenvalue weighted by molar-refractivity contribution is 6.02. The van der Waals surface area contributed by atoms with Crippen molar-refractivity contribution in [3.05, 3.63) is 0 Å². The molecule has 0 aromatic heterocycles. The summed E-state index contributed by atoms with van der Waals surface area (Å²) in [7, 11) is 0. The summed E-state index contributed by atoms with van der Waals surface area (Å²) < 4.78 is 0. The first-order chi connectivity index (χ1) is 39.6. The summed E-state index contributed by atoms with van der Waals surface area (Å²) in [5.41, 5.74) is 37.7. The Morgan fingerprint density at radius 2 is 0.624 bits per heavy atom. The fourth-order valence-corrected chi connectivity index (χ4v) is 9.39. The molecule has 0 aliphatic carbocycles. The number of amides is 17. The molecule has 0 aromatic carbocycles. The van der Waals surface area contributed by atoms with E-state index in [2.05, 4.69) is 42.5 Å². The summed E-state index contributed by atoms with van der Waals surface area (Å²) in [6.07, 6.45) is -4.06. The van der Waals surface area contributed by atoms with Crippen molar-refractivity contribution < 1.29 is 91.4 Å². The third-order valence-corrected chi connectivity index (χ3v) is 13.6. The van der Waals surface area contributed by atoms with Gasteiger partial charge in [0, 0.05) is 19.6 Å². The van der Waals surface area contributed by atoms with Gasteiger partial charge in [-0.25, -0.2) is 0 Å². The summed E-state index contributed by atoms with van der Waals surface area (Å²) in [6, 6.07) is -18.9. The maximum atomic E-state index is 14.1. The van der Waals surface area contributed by atoms with Crippen LogP contribution in [0.15, 0.2) is 0 Å². The first-order valence-corrected chi connectivity index (χ1v) is 26.7. The SMILES string of the molecule is C[C@H](NC(=O)[C@H](CC(N)=O)NC(=O)[C@@H]1CCCN1C(=O)[C@H](CC(N)=O)NC(=O)[C@H](C)NC(=O)[C@H](CC(N)=O)NC(=O)[C@@H]1CCCN1C(=O)[C@H](CC(N)=O)NC(=O)[C@H](C)NC(=O)[C@H](CC(N)=O)NC(=O)[C@@H]1CCCN1C(=O)[C@@H](N)CC(N)=O)C(=O)O. The van der Waals surface area contributed by atoms with Crippen molar-refractivity contribution in [2.24, 2.45) is 40.1 Å². The second kappa shape index (κ2) is 31.7. The maximum absolute atomic E-state index is 14.1. The number of nitrogens with two attached hydrogens (primary N) is 7. The van der Waals surface area contributed by atoms with Crippen LogP contribution in [0.5, 0.6) is 0 Å². The second-order valence-electron chi connectivity index (χ2n) is 20.5. The highest BCUT2D eigenvalue weighted by Crippen LogP contribution is 2.23. The van der Waals surface area contributed by atoms with Crippen LogP contribution in [0, 0.1) is 0 Å². The number of primary amides is 6. The van der Waals surface area contributed by atoms with E-state index in [1.807, 2.05) is 0 Å². The van der Waals surface area contributed by atoms with E-state index in [1.165, 1.54) is 0 Å². The number of rotatable bonds is 32. The molecule has 23 N–H and O–H groups in total. The number of aliphatic carboxylic acids is 1. The molecule has 37 heteroatoms. The van der Waals surface area contributed by atoms with E-state index in [4.69, 9.17) is 40.1 Å². The molecular formula is C48H74N18O19. The van der Waals surface area contributed by atoms with Crippen molar-refractivity contribution in [3.63, 3.8) is 0 Å². The molecule has 0 saturated carbocycles. The van der Waals surface area contributed by atoms with Crippen LogP contribution in [-0.2, 0) is 86.3 Å². The summed E-state index contributed by atoms with van der Waals surface area (Å²) in [5, 5.41) is 27.2. The Morgan fingerprint density at radius 3 is 0.894 bits per heavy atom. The number of nitrogens with zero attached hydrogens (tertiary/aromatic N) is 3. The Labute approximate surface area is 484 Å². The normalized spacial score (nSPS) is 19.5.